The number of hydrogen-bond acceptors (Lipinski definition) is 3. The summed E-state index contributed by atoms with van der Waals surface area (Å²) in [4.78, 5) is 0. The van der Waals surface area contributed by atoms with Gasteiger partial charge in [-0.3, -0.25) is 4.55 Å². The molecule has 48 valence electrons. The van der Waals surface area contributed by atoms with Gasteiger partial charge in [0.15, 0.2) is 5.11 Å². The molecule has 0 fully saturated rings. The molecule has 7 heteroatoms. The summed E-state index contributed by atoms with van der Waals surface area (Å²) in [6, 6.07) is 0. The van der Waals surface area contributed by atoms with Gasteiger partial charge in [0.2, 0.25) is 0 Å². The predicted molar refractivity (Wildman–Crippen MR) is 31.8 cm³/mol. The topological polar surface area (TPSA) is 84.6 Å². The van der Waals surface area contributed by atoms with Gasteiger partial charge in [0, 0.05) is 0 Å². The molecule has 8 heavy (non-hydrogen) atoms. The van der Waals surface area contributed by atoms with E-state index in [0.717, 1.165) is 0 Å². The standard InChI is InChI=1S/CH4N2O3S2/c2-1(7)3-6-8(4)5/h(H,4,5)(H3,2,3,7). The van der Waals surface area contributed by atoms with Gasteiger partial charge in [-0.05, 0) is 12.2 Å². The normalized spacial score (nSPS) is 12.6. The maximum atomic E-state index is 9.61. The summed E-state index contributed by atoms with van der Waals surface area (Å²) in [5, 5.41) is -0.188. The first-order chi connectivity index (χ1) is 3.63. The van der Waals surface area contributed by atoms with Gasteiger partial charge in [0.25, 0.3) is 0 Å². The summed E-state index contributed by atoms with van der Waals surface area (Å²) in [5.74, 6) is 0. The highest BCUT2D eigenvalue weighted by atomic mass is 32.2. The Labute approximate surface area is 53.6 Å². The predicted octanol–water partition coefficient (Wildman–Crippen LogP) is -1.11. The molecule has 0 saturated carbocycles. The minimum atomic E-state index is -2.36. The molecule has 0 aromatic carbocycles. The van der Waals surface area contributed by atoms with Crippen LogP contribution in [0.2, 0.25) is 0 Å². The van der Waals surface area contributed by atoms with Crippen LogP contribution in [0.4, 0.5) is 0 Å². The van der Waals surface area contributed by atoms with Gasteiger partial charge < -0.3 is 5.73 Å². The first-order valence-electron chi connectivity index (χ1n) is 1.46. The number of hydroxylamine groups is 1. The summed E-state index contributed by atoms with van der Waals surface area (Å²) in [6.45, 7) is 0. The molecule has 0 bridgehead atoms. The second-order valence-electron chi connectivity index (χ2n) is 0.767. The second kappa shape index (κ2) is 3.72. The first kappa shape index (κ1) is 7.76. The van der Waals surface area contributed by atoms with E-state index < -0.39 is 11.4 Å². The van der Waals surface area contributed by atoms with Crippen molar-refractivity contribution in [2.45, 2.75) is 0 Å². The van der Waals surface area contributed by atoms with Crippen LogP contribution in [-0.4, -0.2) is 13.9 Å². The zero-order valence-corrected chi connectivity index (χ0v) is 5.29. The van der Waals surface area contributed by atoms with Crippen LogP contribution in [0.1, 0.15) is 0 Å². The Balaban J connectivity index is 3.18. The number of rotatable bonds is 2. The third-order valence-corrected chi connectivity index (χ3v) is 0.523. The maximum absolute atomic E-state index is 9.61. The number of nitrogens with one attached hydrogen (secondary N) is 1. The fourth-order valence-electron chi connectivity index (χ4n) is 0.0767. The lowest BCUT2D eigenvalue weighted by Gasteiger charge is -1.95. The summed E-state index contributed by atoms with van der Waals surface area (Å²) < 4.78 is 21.3. The minimum Gasteiger partial charge on any atom is -0.375 e. The number of hydrogen-bond donors (Lipinski definition) is 3. The molecule has 0 spiro atoms. The molecule has 0 aliphatic heterocycles. The van der Waals surface area contributed by atoms with Crippen molar-refractivity contribution >= 4 is 28.7 Å². The van der Waals surface area contributed by atoms with Crippen LogP contribution in [0.5, 0.6) is 0 Å². The van der Waals surface area contributed by atoms with E-state index in [1.54, 1.807) is 5.48 Å². The Morgan fingerprint density at radius 2 is 2.50 bits per heavy atom. The fourth-order valence-corrected chi connectivity index (χ4v) is 0.332. The van der Waals surface area contributed by atoms with Crippen molar-refractivity contribution in [3.63, 3.8) is 0 Å². The molecule has 0 heterocycles. The number of thiocarbonyl (C=S) groups is 1. The van der Waals surface area contributed by atoms with E-state index in [9.17, 15) is 4.21 Å². The smallest absolute Gasteiger partial charge is 0.324 e. The Bertz CT molecular complexity index is 99.9. The van der Waals surface area contributed by atoms with Gasteiger partial charge in [-0.25, -0.2) is 5.48 Å². The van der Waals surface area contributed by atoms with Gasteiger partial charge in [0.1, 0.15) is 0 Å². The lowest BCUT2D eigenvalue weighted by molar-refractivity contribution is 0.260. The van der Waals surface area contributed by atoms with E-state index in [-0.39, 0.29) is 5.11 Å². The Morgan fingerprint density at radius 3 is 2.62 bits per heavy atom. The molecule has 0 aromatic rings. The van der Waals surface area contributed by atoms with Crippen molar-refractivity contribution in [1.29, 1.82) is 0 Å². The molecule has 0 rings (SSSR count). The second-order valence-corrected chi connectivity index (χ2v) is 1.81. The minimum absolute atomic E-state index is 0.188. The highest BCUT2D eigenvalue weighted by Crippen LogP contribution is 1.69. The highest BCUT2D eigenvalue weighted by molar-refractivity contribution is 7.80. The molecule has 1 atom stereocenters. The summed E-state index contributed by atoms with van der Waals surface area (Å²) in [5.41, 5.74) is 6.59. The van der Waals surface area contributed by atoms with E-state index in [4.69, 9.17) is 10.3 Å². The lowest BCUT2D eigenvalue weighted by Crippen LogP contribution is -2.29. The van der Waals surface area contributed by atoms with Crippen LogP contribution in [0.3, 0.4) is 0 Å². The zero-order valence-electron chi connectivity index (χ0n) is 3.66. The fraction of sp³-hybridized carbons (Fsp3) is 0. The van der Waals surface area contributed by atoms with Crippen molar-refractivity contribution in [2.24, 2.45) is 5.73 Å². The van der Waals surface area contributed by atoms with E-state index in [1.807, 2.05) is 0 Å². The Morgan fingerprint density at radius 1 is 2.00 bits per heavy atom. The number of nitrogens with two attached hydrogens (primary N) is 1. The van der Waals surface area contributed by atoms with E-state index >= 15 is 0 Å². The maximum Gasteiger partial charge on any atom is 0.324 e. The summed E-state index contributed by atoms with van der Waals surface area (Å²) >= 11 is 1.85. The average Bonchev–Trinajstić information content (AvgIpc) is 1.61. The molecule has 0 aliphatic rings. The van der Waals surface area contributed by atoms with Crippen molar-refractivity contribution in [2.75, 3.05) is 0 Å². The van der Waals surface area contributed by atoms with Crippen LogP contribution in [0.15, 0.2) is 0 Å². The highest BCUT2D eigenvalue weighted by Gasteiger charge is 1.90. The first-order valence-corrected chi connectivity index (χ1v) is 2.90. The monoisotopic (exact) mass is 156 g/mol. The molecule has 0 aliphatic carbocycles. The molecule has 4 N–H and O–H groups in total. The Kier molecular flexibility index (Phi) is 3.61. The van der Waals surface area contributed by atoms with E-state index in [1.165, 1.54) is 0 Å². The van der Waals surface area contributed by atoms with Crippen LogP contribution < -0.4 is 11.2 Å². The molecule has 0 radical (unpaired) electrons. The molecule has 5 nitrogen and oxygen atoms in total. The molecule has 0 aromatic heterocycles. The van der Waals surface area contributed by atoms with Gasteiger partial charge >= 0.3 is 11.4 Å². The van der Waals surface area contributed by atoms with Gasteiger partial charge in [0.05, 0.1) is 0 Å². The van der Waals surface area contributed by atoms with E-state index in [0.29, 0.717) is 0 Å². The summed E-state index contributed by atoms with van der Waals surface area (Å²) in [6.07, 6.45) is 0. The zero-order chi connectivity index (χ0) is 6.57. The average molecular weight is 156 g/mol. The van der Waals surface area contributed by atoms with Gasteiger partial charge in [-0.15, -0.1) is 4.28 Å². The molecule has 0 saturated heterocycles. The molecule has 1 unspecified atom stereocenters. The van der Waals surface area contributed by atoms with Gasteiger partial charge in [-0.1, -0.05) is 0 Å². The molecular formula is CH4N2O3S2. The summed E-state index contributed by atoms with van der Waals surface area (Å²) in [7, 11) is 0. The SMILES string of the molecule is NC(=S)NOS(=O)O. The third kappa shape index (κ3) is 5.76. The van der Waals surface area contributed by atoms with Crippen LogP contribution >= 0.6 is 12.2 Å². The van der Waals surface area contributed by atoms with Crippen molar-refractivity contribution in [3.05, 3.63) is 0 Å². The van der Waals surface area contributed by atoms with Crippen molar-refractivity contribution < 1.29 is 13.0 Å². The third-order valence-electron chi connectivity index (χ3n) is 0.214. The van der Waals surface area contributed by atoms with E-state index in [2.05, 4.69) is 16.5 Å². The van der Waals surface area contributed by atoms with Crippen molar-refractivity contribution in [1.82, 2.24) is 5.48 Å². The van der Waals surface area contributed by atoms with Crippen LogP contribution in [-0.2, 0) is 15.6 Å². The molecular weight excluding hydrogens is 152 g/mol. The van der Waals surface area contributed by atoms with Crippen molar-refractivity contribution in [3.8, 4) is 0 Å². The molecule has 0 amide bonds. The van der Waals surface area contributed by atoms with Gasteiger partial charge in [-0.2, -0.15) is 4.21 Å². The lowest BCUT2D eigenvalue weighted by atomic mass is 11.2. The quantitative estimate of drug-likeness (QED) is 0.267. The van der Waals surface area contributed by atoms with Crippen LogP contribution in [0.25, 0.3) is 0 Å². The van der Waals surface area contributed by atoms with Crippen LogP contribution in [0, 0.1) is 0 Å². The largest absolute Gasteiger partial charge is 0.375 e. The Hall–Kier alpha value is -0.240.